The minimum absolute atomic E-state index is 0.898. The topological polar surface area (TPSA) is 27.7 Å². The molecule has 1 N–H and O–H groups in total. The first kappa shape index (κ1) is 12.9. The van der Waals surface area contributed by atoms with Crippen molar-refractivity contribution in [2.75, 3.05) is 59.0 Å². The first-order valence-corrected chi connectivity index (χ1v) is 7.67. The van der Waals surface area contributed by atoms with Crippen molar-refractivity contribution in [2.45, 2.75) is 25.3 Å². The van der Waals surface area contributed by atoms with E-state index in [0.717, 1.165) is 44.8 Å². The zero-order valence-electron chi connectivity index (χ0n) is 11.4. The Balaban J connectivity index is 1.24. The fraction of sp³-hybridized carbons (Fsp3) is 1.00. The zero-order chi connectivity index (χ0) is 12.2. The summed E-state index contributed by atoms with van der Waals surface area (Å²) in [5, 5.41) is 3.65. The summed E-state index contributed by atoms with van der Waals surface area (Å²) in [6.07, 6.45) is 4.31. The molecule has 3 fully saturated rings. The third-order valence-electron chi connectivity index (χ3n) is 4.52. The van der Waals surface area contributed by atoms with Crippen LogP contribution in [-0.4, -0.2) is 74.9 Å². The molecule has 1 saturated carbocycles. The molecular weight excluding hydrogens is 226 g/mol. The van der Waals surface area contributed by atoms with Crippen LogP contribution in [0.25, 0.3) is 0 Å². The summed E-state index contributed by atoms with van der Waals surface area (Å²) in [5.74, 6) is 0.898. The molecule has 18 heavy (non-hydrogen) atoms. The van der Waals surface area contributed by atoms with E-state index >= 15 is 0 Å². The van der Waals surface area contributed by atoms with E-state index in [4.69, 9.17) is 4.74 Å². The van der Waals surface area contributed by atoms with Crippen molar-refractivity contribution in [3.8, 4) is 0 Å². The fourth-order valence-electron chi connectivity index (χ4n) is 3.17. The summed E-state index contributed by atoms with van der Waals surface area (Å²) in [7, 11) is 0. The lowest BCUT2D eigenvalue weighted by atomic mass is 10.1. The van der Waals surface area contributed by atoms with Crippen molar-refractivity contribution in [2.24, 2.45) is 5.92 Å². The van der Waals surface area contributed by atoms with E-state index in [-0.39, 0.29) is 0 Å². The van der Waals surface area contributed by atoms with Gasteiger partial charge in [-0.3, -0.25) is 4.90 Å². The van der Waals surface area contributed by atoms with E-state index in [1.165, 1.54) is 45.4 Å². The smallest absolute Gasteiger partial charge is 0.0594 e. The van der Waals surface area contributed by atoms with Gasteiger partial charge in [0, 0.05) is 38.8 Å². The first-order chi connectivity index (χ1) is 8.92. The highest BCUT2D eigenvalue weighted by Crippen LogP contribution is 2.31. The molecule has 0 amide bonds. The van der Waals surface area contributed by atoms with Crippen LogP contribution >= 0.6 is 0 Å². The number of hydrogen-bond donors (Lipinski definition) is 1. The van der Waals surface area contributed by atoms with E-state index in [1.807, 2.05) is 0 Å². The molecule has 0 spiro atoms. The average Bonchev–Trinajstić information content (AvgIpc) is 3.16. The van der Waals surface area contributed by atoms with Crippen LogP contribution in [0.2, 0.25) is 0 Å². The number of nitrogens with one attached hydrogen (secondary N) is 1. The third kappa shape index (κ3) is 3.67. The Morgan fingerprint density at radius 3 is 2.67 bits per heavy atom. The Bertz CT molecular complexity index is 251. The molecule has 0 radical (unpaired) electrons. The number of hydrogen-bond acceptors (Lipinski definition) is 4. The SMILES string of the molecule is C(CN1CCOCC1)NCC1CCN(C2CC2)C1. The van der Waals surface area contributed by atoms with Crippen LogP contribution in [0.3, 0.4) is 0 Å². The van der Waals surface area contributed by atoms with E-state index in [9.17, 15) is 0 Å². The molecule has 3 rings (SSSR count). The zero-order valence-corrected chi connectivity index (χ0v) is 11.4. The van der Waals surface area contributed by atoms with Crippen molar-refractivity contribution in [3.05, 3.63) is 0 Å². The molecule has 104 valence electrons. The predicted molar refractivity (Wildman–Crippen MR) is 72.8 cm³/mol. The number of likely N-dealkylation sites (tertiary alicyclic amines) is 1. The minimum atomic E-state index is 0.898. The van der Waals surface area contributed by atoms with Gasteiger partial charge in [-0.25, -0.2) is 0 Å². The molecule has 0 aromatic carbocycles. The van der Waals surface area contributed by atoms with Crippen molar-refractivity contribution in [1.82, 2.24) is 15.1 Å². The van der Waals surface area contributed by atoms with E-state index in [2.05, 4.69) is 15.1 Å². The van der Waals surface area contributed by atoms with Crippen molar-refractivity contribution < 1.29 is 4.74 Å². The van der Waals surface area contributed by atoms with Crippen molar-refractivity contribution in [3.63, 3.8) is 0 Å². The lowest BCUT2D eigenvalue weighted by Crippen LogP contribution is -2.41. The van der Waals surface area contributed by atoms with Crippen molar-refractivity contribution >= 4 is 0 Å². The quantitative estimate of drug-likeness (QED) is 0.693. The van der Waals surface area contributed by atoms with E-state index in [1.54, 1.807) is 0 Å². The van der Waals surface area contributed by atoms with Gasteiger partial charge in [-0.15, -0.1) is 0 Å². The Morgan fingerprint density at radius 1 is 1.06 bits per heavy atom. The molecule has 2 aliphatic heterocycles. The second kappa shape index (κ2) is 6.33. The molecular formula is C14H27N3O. The molecule has 1 aliphatic carbocycles. The van der Waals surface area contributed by atoms with Crippen LogP contribution in [-0.2, 0) is 4.74 Å². The highest BCUT2D eigenvalue weighted by atomic mass is 16.5. The number of ether oxygens (including phenoxy) is 1. The van der Waals surface area contributed by atoms with Crippen molar-refractivity contribution in [1.29, 1.82) is 0 Å². The van der Waals surface area contributed by atoms with Gasteiger partial charge in [0.1, 0.15) is 0 Å². The predicted octanol–water partition coefficient (Wildman–Crippen LogP) is 0.393. The second-order valence-electron chi connectivity index (χ2n) is 6.04. The molecule has 0 bridgehead atoms. The van der Waals surface area contributed by atoms with Gasteiger partial charge in [0.2, 0.25) is 0 Å². The van der Waals surface area contributed by atoms with Crippen LogP contribution in [0.1, 0.15) is 19.3 Å². The summed E-state index contributed by atoms with van der Waals surface area (Å²) >= 11 is 0. The Kier molecular flexibility index (Phi) is 4.52. The first-order valence-electron chi connectivity index (χ1n) is 7.67. The maximum absolute atomic E-state index is 5.36. The summed E-state index contributed by atoms with van der Waals surface area (Å²) < 4.78 is 5.36. The van der Waals surface area contributed by atoms with Gasteiger partial charge in [-0.1, -0.05) is 0 Å². The lowest BCUT2D eigenvalue weighted by molar-refractivity contribution is 0.0383. The molecule has 0 aromatic heterocycles. The maximum Gasteiger partial charge on any atom is 0.0594 e. The van der Waals surface area contributed by atoms with Gasteiger partial charge in [-0.2, -0.15) is 0 Å². The fourth-order valence-corrected chi connectivity index (χ4v) is 3.17. The molecule has 2 saturated heterocycles. The van der Waals surface area contributed by atoms with Crippen LogP contribution < -0.4 is 5.32 Å². The van der Waals surface area contributed by atoms with Crippen LogP contribution in [0, 0.1) is 5.92 Å². The van der Waals surface area contributed by atoms with Gasteiger partial charge in [-0.05, 0) is 38.3 Å². The maximum atomic E-state index is 5.36. The third-order valence-corrected chi connectivity index (χ3v) is 4.52. The molecule has 1 unspecified atom stereocenters. The average molecular weight is 253 g/mol. The minimum Gasteiger partial charge on any atom is -0.379 e. The second-order valence-corrected chi connectivity index (χ2v) is 6.04. The van der Waals surface area contributed by atoms with Crippen LogP contribution in [0.5, 0.6) is 0 Å². The van der Waals surface area contributed by atoms with Gasteiger partial charge in [0.15, 0.2) is 0 Å². The molecule has 4 nitrogen and oxygen atoms in total. The molecule has 1 atom stereocenters. The van der Waals surface area contributed by atoms with E-state index in [0.29, 0.717) is 0 Å². The normalized spacial score (nSPS) is 31.0. The van der Waals surface area contributed by atoms with E-state index < -0.39 is 0 Å². The highest BCUT2D eigenvalue weighted by Gasteiger charge is 2.33. The highest BCUT2D eigenvalue weighted by molar-refractivity contribution is 4.89. The van der Waals surface area contributed by atoms with Gasteiger partial charge < -0.3 is 15.0 Å². The van der Waals surface area contributed by atoms with Crippen LogP contribution in [0.15, 0.2) is 0 Å². The molecule has 2 heterocycles. The Labute approximate surface area is 111 Å². The largest absolute Gasteiger partial charge is 0.379 e. The molecule has 3 aliphatic rings. The number of rotatable bonds is 6. The molecule has 4 heteroatoms. The molecule has 0 aromatic rings. The van der Waals surface area contributed by atoms with Gasteiger partial charge in [0.05, 0.1) is 13.2 Å². The summed E-state index contributed by atoms with van der Waals surface area (Å²) in [6.45, 7) is 10.3. The monoisotopic (exact) mass is 253 g/mol. The Morgan fingerprint density at radius 2 is 1.89 bits per heavy atom. The summed E-state index contributed by atoms with van der Waals surface area (Å²) in [6, 6.07) is 0.961. The summed E-state index contributed by atoms with van der Waals surface area (Å²) in [5.41, 5.74) is 0. The summed E-state index contributed by atoms with van der Waals surface area (Å²) in [4.78, 5) is 5.20. The lowest BCUT2D eigenvalue weighted by Gasteiger charge is -2.26. The Hall–Kier alpha value is -0.160. The van der Waals surface area contributed by atoms with Crippen LogP contribution in [0.4, 0.5) is 0 Å². The van der Waals surface area contributed by atoms with Gasteiger partial charge in [0.25, 0.3) is 0 Å². The number of morpholine rings is 1. The van der Waals surface area contributed by atoms with Gasteiger partial charge >= 0.3 is 0 Å². The number of nitrogens with zero attached hydrogens (tertiary/aromatic N) is 2. The standard InChI is InChI=1S/C14H27N3O/c1-2-14(1)17-5-3-13(12-17)11-15-4-6-16-7-9-18-10-8-16/h13-15H,1-12H2.